The van der Waals surface area contributed by atoms with Crippen LogP contribution in [0.15, 0.2) is 23.1 Å². The molecule has 1 aromatic rings. The van der Waals surface area contributed by atoms with Gasteiger partial charge in [0, 0.05) is 13.6 Å². The van der Waals surface area contributed by atoms with E-state index in [-0.39, 0.29) is 13.0 Å². The summed E-state index contributed by atoms with van der Waals surface area (Å²) in [6, 6.07) is 3.82. The van der Waals surface area contributed by atoms with Crippen LogP contribution in [0.25, 0.3) is 0 Å². The Hall–Kier alpha value is -2.01. The molecule has 8 heteroatoms. The Kier molecular flexibility index (Phi) is 5.16. The molecule has 0 aliphatic heterocycles. The number of nitriles is 1. The second kappa shape index (κ2) is 6.43. The Balaban J connectivity index is 2.93. The highest BCUT2D eigenvalue weighted by Gasteiger charge is 2.25. The van der Waals surface area contributed by atoms with Gasteiger partial charge >= 0.3 is 0 Å². The topological polar surface area (TPSA) is 78.2 Å². The van der Waals surface area contributed by atoms with Crippen LogP contribution >= 0.6 is 0 Å². The van der Waals surface area contributed by atoms with E-state index in [0.29, 0.717) is 12.1 Å². The van der Waals surface area contributed by atoms with Crippen molar-refractivity contribution in [1.29, 1.82) is 5.26 Å². The monoisotopic (exact) mass is 302 g/mol. The van der Waals surface area contributed by atoms with Gasteiger partial charge in [0.1, 0.15) is 22.3 Å². The first kappa shape index (κ1) is 16.0. The molecule has 108 valence electrons. The van der Waals surface area contributed by atoms with E-state index in [1.54, 1.807) is 0 Å². The number of carbonyl (C=O) groups is 1. The summed E-state index contributed by atoms with van der Waals surface area (Å²) in [5, 5.41) is 8.38. The molecule has 0 atom stereocenters. The third-order valence-corrected chi connectivity index (χ3v) is 4.14. The molecule has 1 amide bonds. The van der Waals surface area contributed by atoms with Gasteiger partial charge in [-0.2, -0.15) is 5.26 Å². The number of halogens is 2. The van der Waals surface area contributed by atoms with Crippen LogP contribution < -0.4 is 0 Å². The van der Waals surface area contributed by atoms with E-state index in [4.69, 9.17) is 5.26 Å². The molecule has 0 spiro atoms. The van der Waals surface area contributed by atoms with Gasteiger partial charge in [-0.15, -0.1) is 0 Å². The highest BCUT2D eigenvalue weighted by atomic mass is 32.2. The normalized spacial score (nSPS) is 10.9. The zero-order valence-electron chi connectivity index (χ0n) is 10.6. The third-order valence-electron chi connectivity index (χ3n) is 2.53. The Morgan fingerprint density at radius 2 is 2.05 bits per heavy atom. The minimum absolute atomic E-state index is 0.0522. The van der Waals surface area contributed by atoms with E-state index in [1.165, 1.54) is 7.05 Å². The van der Waals surface area contributed by atoms with Crippen molar-refractivity contribution in [1.82, 2.24) is 4.90 Å². The number of amides is 1. The van der Waals surface area contributed by atoms with Crippen molar-refractivity contribution in [3.8, 4) is 6.07 Å². The maximum Gasteiger partial charge on any atom is 0.237 e. The summed E-state index contributed by atoms with van der Waals surface area (Å²) < 4.78 is 50.1. The molecule has 1 aromatic carbocycles. The first-order chi connectivity index (χ1) is 9.27. The third kappa shape index (κ3) is 3.99. The minimum atomic E-state index is -4.27. The van der Waals surface area contributed by atoms with E-state index < -0.39 is 38.0 Å². The molecule has 0 heterocycles. The number of carbonyl (C=O) groups excluding carboxylic acids is 1. The standard InChI is InChI=1S/C12H12F2N2O3S/c1-16(6-2-5-15)12(17)8-20(18,19)11-7-9(13)3-4-10(11)14/h3-4,7H,2,6,8H2,1H3. The summed E-state index contributed by atoms with van der Waals surface area (Å²) in [4.78, 5) is 11.9. The molecule has 0 aliphatic rings. The van der Waals surface area contributed by atoms with Crippen molar-refractivity contribution in [2.45, 2.75) is 11.3 Å². The number of hydrogen-bond acceptors (Lipinski definition) is 4. The lowest BCUT2D eigenvalue weighted by atomic mass is 10.3. The number of sulfone groups is 1. The van der Waals surface area contributed by atoms with E-state index in [1.807, 2.05) is 6.07 Å². The molecule has 0 aliphatic carbocycles. The summed E-state index contributed by atoms with van der Waals surface area (Å²) in [5.74, 6) is -3.78. The molecule has 0 N–H and O–H groups in total. The summed E-state index contributed by atoms with van der Waals surface area (Å²) in [7, 11) is -2.94. The zero-order chi connectivity index (χ0) is 15.3. The number of benzene rings is 1. The summed E-state index contributed by atoms with van der Waals surface area (Å²) in [6.07, 6.45) is 0.0522. The number of hydrogen-bond donors (Lipinski definition) is 0. The molecule has 0 radical (unpaired) electrons. The molecule has 0 aromatic heterocycles. The SMILES string of the molecule is CN(CCC#N)C(=O)CS(=O)(=O)c1cc(F)ccc1F. The molecule has 0 bridgehead atoms. The Labute approximate surface area is 115 Å². The Morgan fingerprint density at radius 1 is 1.40 bits per heavy atom. The summed E-state index contributed by atoms with van der Waals surface area (Å²) in [5.41, 5.74) is 0. The Morgan fingerprint density at radius 3 is 2.65 bits per heavy atom. The van der Waals surface area contributed by atoms with Gasteiger partial charge in [-0.05, 0) is 18.2 Å². The van der Waals surface area contributed by atoms with Crippen LogP contribution in [-0.4, -0.2) is 38.6 Å². The van der Waals surface area contributed by atoms with E-state index >= 15 is 0 Å². The second-order valence-electron chi connectivity index (χ2n) is 4.06. The van der Waals surface area contributed by atoms with E-state index in [9.17, 15) is 22.0 Å². The summed E-state index contributed by atoms with van der Waals surface area (Å²) in [6.45, 7) is 0.0660. The zero-order valence-corrected chi connectivity index (χ0v) is 11.5. The van der Waals surface area contributed by atoms with Crippen molar-refractivity contribution in [3.63, 3.8) is 0 Å². The largest absolute Gasteiger partial charge is 0.344 e. The first-order valence-corrected chi connectivity index (χ1v) is 7.22. The fourth-order valence-electron chi connectivity index (χ4n) is 1.41. The maximum atomic E-state index is 13.4. The van der Waals surface area contributed by atoms with Gasteiger partial charge < -0.3 is 4.90 Å². The molecular weight excluding hydrogens is 290 g/mol. The van der Waals surface area contributed by atoms with Crippen molar-refractivity contribution >= 4 is 15.7 Å². The molecule has 0 fully saturated rings. The van der Waals surface area contributed by atoms with Crippen molar-refractivity contribution in [3.05, 3.63) is 29.8 Å². The highest BCUT2D eigenvalue weighted by Crippen LogP contribution is 2.17. The average molecular weight is 302 g/mol. The van der Waals surface area contributed by atoms with Gasteiger partial charge in [-0.3, -0.25) is 4.79 Å². The van der Waals surface area contributed by atoms with Crippen LogP contribution in [0.3, 0.4) is 0 Å². The van der Waals surface area contributed by atoms with E-state index in [2.05, 4.69) is 0 Å². The lowest BCUT2D eigenvalue weighted by Gasteiger charge is -2.15. The van der Waals surface area contributed by atoms with Gasteiger partial charge in [0.25, 0.3) is 0 Å². The van der Waals surface area contributed by atoms with Crippen molar-refractivity contribution < 1.29 is 22.0 Å². The molecule has 0 unspecified atom stereocenters. The van der Waals surface area contributed by atoms with Gasteiger partial charge in [0.05, 0.1) is 12.5 Å². The number of nitrogens with zero attached hydrogens (tertiary/aromatic N) is 2. The first-order valence-electron chi connectivity index (χ1n) is 5.56. The number of rotatable bonds is 5. The van der Waals surface area contributed by atoms with Gasteiger partial charge in [-0.25, -0.2) is 17.2 Å². The van der Waals surface area contributed by atoms with E-state index in [0.717, 1.165) is 11.0 Å². The predicted molar refractivity (Wildman–Crippen MR) is 66.3 cm³/mol. The van der Waals surface area contributed by atoms with Crippen LogP contribution in [0.2, 0.25) is 0 Å². The quantitative estimate of drug-likeness (QED) is 0.816. The summed E-state index contributed by atoms with van der Waals surface area (Å²) >= 11 is 0. The van der Waals surface area contributed by atoms with Crippen LogP contribution in [0.4, 0.5) is 8.78 Å². The molecule has 1 rings (SSSR count). The maximum absolute atomic E-state index is 13.4. The van der Waals surface area contributed by atoms with Crippen LogP contribution in [0.5, 0.6) is 0 Å². The van der Waals surface area contributed by atoms with Crippen LogP contribution in [-0.2, 0) is 14.6 Å². The smallest absolute Gasteiger partial charge is 0.237 e. The lowest BCUT2D eigenvalue weighted by molar-refractivity contribution is -0.127. The Bertz CT molecular complexity index is 653. The van der Waals surface area contributed by atoms with Crippen molar-refractivity contribution in [2.24, 2.45) is 0 Å². The second-order valence-corrected chi connectivity index (χ2v) is 6.02. The van der Waals surface area contributed by atoms with Crippen molar-refractivity contribution in [2.75, 3.05) is 19.3 Å². The van der Waals surface area contributed by atoms with Crippen LogP contribution in [0, 0.1) is 23.0 Å². The average Bonchev–Trinajstić information content (AvgIpc) is 2.38. The van der Waals surface area contributed by atoms with Gasteiger partial charge in [-0.1, -0.05) is 0 Å². The molecule has 0 saturated carbocycles. The fourth-order valence-corrected chi connectivity index (χ4v) is 2.77. The molecule has 5 nitrogen and oxygen atoms in total. The lowest BCUT2D eigenvalue weighted by Crippen LogP contribution is -2.33. The van der Waals surface area contributed by atoms with Crippen LogP contribution in [0.1, 0.15) is 6.42 Å². The molecular formula is C12H12F2N2O3S. The molecule has 20 heavy (non-hydrogen) atoms. The predicted octanol–water partition coefficient (Wildman–Crippen LogP) is 1.11. The molecule has 0 saturated heterocycles. The van der Waals surface area contributed by atoms with Gasteiger partial charge in [0.2, 0.25) is 5.91 Å². The highest BCUT2D eigenvalue weighted by molar-refractivity contribution is 7.92. The van der Waals surface area contributed by atoms with Gasteiger partial charge in [0.15, 0.2) is 9.84 Å². The fraction of sp³-hybridized carbons (Fsp3) is 0.333. The minimum Gasteiger partial charge on any atom is -0.344 e.